The molecule has 0 fully saturated rings. The zero-order valence-corrected chi connectivity index (χ0v) is 12.6. The molecule has 1 heterocycles. The second kappa shape index (κ2) is 5.85. The van der Waals surface area contributed by atoms with Gasteiger partial charge in [0.05, 0.1) is 11.3 Å². The lowest BCUT2D eigenvalue weighted by Crippen LogP contribution is -2.36. The van der Waals surface area contributed by atoms with E-state index in [-0.39, 0.29) is 0 Å². The lowest BCUT2D eigenvalue weighted by molar-refractivity contribution is 0.0423. The van der Waals surface area contributed by atoms with E-state index in [1.165, 1.54) is 17.0 Å². The molecule has 0 atom stereocenters. The Kier molecular flexibility index (Phi) is 4.93. The van der Waals surface area contributed by atoms with Gasteiger partial charge in [-0.05, 0) is 33.7 Å². The number of aliphatic hydroxyl groups is 1. The second-order valence-electron chi connectivity index (χ2n) is 5.69. The molecule has 0 aliphatic heterocycles. The molecule has 1 rings (SSSR count). The third-order valence-corrected chi connectivity index (χ3v) is 3.11. The van der Waals surface area contributed by atoms with Crippen molar-refractivity contribution in [2.24, 2.45) is 7.05 Å². The lowest BCUT2D eigenvalue weighted by atomic mass is 10.1. The Balaban J connectivity index is 2.89. The Bertz CT molecular complexity index is 390. The first-order valence-corrected chi connectivity index (χ1v) is 6.73. The smallest absolute Gasteiger partial charge is 0.0718 e. The van der Waals surface area contributed by atoms with Crippen LogP contribution in [0.1, 0.15) is 44.6 Å². The van der Waals surface area contributed by atoms with E-state index in [4.69, 9.17) is 0 Å². The van der Waals surface area contributed by atoms with Crippen LogP contribution < -0.4 is 0 Å². The van der Waals surface area contributed by atoms with Crippen molar-refractivity contribution in [3.8, 4) is 0 Å². The molecule has 0 radical (unpaired) electrons. The molecule has 4 heteroatoms. The van der Waals surface area contributed by atoms with E-state index < -0.39 is 5.60 Å². The molecule has 0 aliphatic rings. The average Bonchev–Trinajstić information content (AvgIpc) is 2.51. The van der Waals surface area contributed by atoms with Gasteiger partial charge in [-0.1, -0.05) is 13.8 Å². The molecule has 104 valence electrons. The highest BCUT2D eigenvalue weighted by Crippen LogP contribution is 2.18. The highest BCUT2D eigenvalue weighted by atomic mass is 16.3. The van der Waals surface area contributed by atoms with Crippen LogP contribution in [0.15, 0.2) is 0 Å². The third-order valence-electron chi connectivity index (χ3n) is 3.11. The number of likely N-dealkylation sites (N-methyl/N-ethyl adjacent to an activating group) is 1. The molecule has 1 N–H and O–H groups in total. The van der Waals surface area contributed by atoms with Crippen LogP contribution in [0.25, 0.3) is 0 Å². The second-order valence-corrected chi connectivity index (χ2v) is 5.69. The number of hydrogen-bond donors (Lipinski definition) is 1. The van der Waals surface area contributed by atoms with Gasteiger partial charge in [0.2, 0.25) is 0 Å². The monoisotopic (exact) mass is 253 g/mol. The normalized spacial score (nSPS) is 12.4. The minimum atomic E-state index is -0.657. The Morgan fingerprint density at radius 1 is 1.28 bits per heavy atom. The zero-order valence-electron chi connectivity index (χ0n) is 12.6. The van der Waals surface area contributed by atoms with Crippen LogP contribution in [-0.4, -0.2) is 39.0 Å². The zero-order chi connectivity index (χ0) is 13.9. The predicted molar refractivity (Wildman–Crippen MR) is 74.6 cm³/mol. The summed E-state index contributed by atoms with van der Waals surface area (Å²) < 4.78 is 1.99. The number of nitrogens with zero attached hydrogens (tertiary/aromatic N) is 3. The van der Waals surface area contributed by atoms with Crippen LogP contribution in [0.4, 0.5) is 0 Å². The van der Waals surface area contributed by atoms with Crippen molar-refractivity contribution >= 4 is 0 Å². The molecule has 0 amide bonds. The van der Waals surface area contributed by atoms with Crippen LogP contribution in [-0.2, 0) is 26.4 Å². The quantitative estimate of drug-likeness (QED) is 0.839. The minimum absolute atomic E-state index is 0.657. The van der Waals surface area contributed by atoms with E-state index in [0.717, 1.165) is 19.4 Å². The van der Waals surface area contributed by atoms with E-state index in [1.807, 2.05) is 32.6 Å². The third kappa shape index (κ3) is 3.82. The highest BCUT2D eigenvalue weighted by molar-refractivity contribution is 5.26. The topological polar surface area (TPSA) is 41.3 Å². The average molecular weight is 253 g/mol. The van der Waals surface area contributed by atoms with Crippen LogP contribution >= 0.6 is 0 Å². The van der Waals surface area contributed by atoms with Crippen LogP contribution in [0, 0.1) is 0 Å². The summed E-state index contributed by atoms with van der Waals surface area (Å²) in [7, 11) is 4.06. The summed E-state index contributed by atoms with van der Waals surface area (Å²) in [6, 6.07) is 0. The van der Waals surface area contributed by atoms with E-state index in [1.54, 1.807) is 0 Å². The summed E-state index contributed by atoms with van der Waals surface area (Å²) in [5, 5.41) is 14.4. The first-order chi connectivity index (χ1) is 8.28. The van der Waals surface area contributed by atoms with E-state index in [2.05, 4.69) is 23.8 Å². The van der Waals surface area contributed by atoms with Crippen molar-refractivity contribution in [2.75, 3.05) is 13.6 Å². The number of rotatable bonds is 6. The lowest BCUT2D eigenvalue weighted by Gasteiger charge is -2.25. The van der Waals surface area contributed by atoms with Gasteiger partial charge in [-0.15, -0.1) is 0 Å². The summed E-state index contributed by atoms with van der Waals surface area (Å²) in [6.45, 7) is 9.50. The van der Waals surface area contributed by atoms with Gasteiger partial charge in [0, 0.05) is 31.4 Å². The molecule has 0 spiro atoms. The Morgan fingerprint density at radius 3 is 2.33 bits per heavy atom. The maximum Gasteiger partial charge on any atom is 0.0718 e. The fourth-order valence-corrected chi connectivity index (χ4v) is 2.56. The molecule has 1 aromatic heterocycles. The maximum absolute atomic E-state index is 9.86. The largest absolute Gasteiger partial charge is 0.389 e. The molecular formula is C14H27N3O. The van der Waals surface area contributed by atoms with Crippen molar-refractivity contribution in [1.82, 2.24) is 14.7 Å². The summed E-state index contributed by atoms with van der Waals surface area (Å²) in [5.74, 6) is 0. The van der Waals surface area contributed by atoms with E-state index in [0.29, 0.717) is 6.54 Å². The standard InChI is InChI=1S/C14H27N3O/c1-7-12-11(13(8-2)17(6)15-12)9-16(5)10-14(3,4)18/h18H,7-10H2,1-6H3. The Hall–Kier alpha value is -0.870. The van der Waals surface area contributed by atoms with Gasteiger partial charge in [0.15, 0.2) is 0 Å². The number of aromatic nitrogens is 2. The van der Waals surface area contributed by atoms with E-state index >= 15 is 0 Å². The predicted octanol–water partition coefficient (Wildman–Crippen LogP) is 1.75. The number of aryl methyl sites for hydroxylation is 2. The van der Waals surface area contributed by atoms with E-state index in [9.17, 15) is 5.11 Å². The van der Waals surface area contributed by atoms with Crippen LogP contribution in [0.5, 0.6) is 0 Å². The minimum Gasteiger partial charge on any atom is -0.389 e. The van der Waals surface area contributed by atoms with Crippen LogP contribution in [0.2, 0.25) is 0 Å². The van der Waals surface area contributed by atoms with Crippen LogP contribution in [0.3, 0.4) is 0 Å². The summed E-state index contributed by atoms with van der Waals surface area (Å²) in [4.78, 5) is 2.16. The SMILES string of the molecule is CCc1nn(C)c(CC)c1CN(C)CC(C)(C)O. The van der Waals surface area contributed by atoms with Crippen molar-refractivity contribution in [3.63, 3.8) is 0 Å². The van der Waals surface area contributed by atoms with Gasteiger partial charge < -0.3 is 5.11 Å². The van der Waals surface area contributed by atoms with Gasteiger partial charge in [-0.25, -0.2) is 0 Å². The molecule has 0 aliphatic carbocycles. The first-order valence-electron chi connectivity index (χ1n) is 6.73. The highest BCUT2D eigenvalue weighted by Gasteiger charge is 2.19. The maximum atomic E-state index is 9.86. The number of hydrogen-bond acceptors (Lipinski definition) is 3. The summed E-state index contributed by atoms with van der Waals surface area (Å²) in [6.07, 6.45) is 1.95. The molecule has 18 heavy (non-hydrogen) atoms. The summed E-state index contributed by atoms with van der Waals surface area (Å²) >= 11 is 0. The molecule has 1 aromatic rings. The van der Waals surface area contributed by atoms with Crippen molar-refractivity contribution in [3.05, 3.63) is 17.0 Å². The summed E-state index contributed by atoms with van der Waals surface area (Å²) in [5.41, 5.74) is 3.15. The van der Waals surface area contributed by atoms with Crippen molar-refractivity contribution in [2.45, 2.75) is 52.7 Å². The van der Waals surface area contributed by atoms with Gasteiger partial charge in [-0.3, -0.25) is 9.58 Å². The molecule has 0 saturated heterocycles. The van der Waals surface area contributed by atoms with Gasteiger partial charge in [0.25, 0.3) is 0 Å². The molecule has 0 bridgehead atoms. The molecule has 0 aromatic carbocycles. The molecule has 4 nitrogen and oxygen atoms in total. The molecule has 0 saturated carbocycles. The Morgan fingerprint density at radius 2 is 1.89 bits per heavy atom. The fourth-order valence-electron chi connectivity index (χ4n) is 2.56. The van der Waals surface area contributed by atoms with Crippen molar-refractivity contribution < 1.29 is 5.11 Å². The van der Waals surface area contributed by atoms with Gasteiger partial charge in [-0.2, -0.15) is 5.10 Å². The first kappa shape index (κ1) is 15.2. The molecule has 0 unspecified atom stereocenters. The van der Waals surface area contributed by atoms with Gasteiger partial charge >= 0.3 is 0 Å². The fraction of sp³-hybridized carbons (Fsp3) is 0.786. The molecular weight excluding hydrogens is 226 g/mol. The van der Waals surface area contributed by atoms with Crippen molar-refractivity contribution in [1.29, 1.82) is 0 Å². The Labute approximate surface area is 111 Å². The van der Waals surface area contributed by atoms with Gasteiger partial charge in [0.1, 0.15) is 0 Å².